The number of hydrogen-bond acceptors (Lipinski definition) is 3. The molecule has 0 aliphatic carbocycles. The summed E-state index contributed by atoms with van der Waals surface area (Å²) in [6.45, 7) is -0.0678. The summed E-state index contributed by atoms with van der Waals surface area (Å²) in [4.78, 5) is 20.4. The van der Waals surface area contributed by atoms with E-state index in [0.29, 0.717) is 0 Å². The summed E-state index contributed by atoms with van der Waals surface area (Å²) in [5.41, 5.74) is 0. The van der Waals surface area contributed by atoms with E-state index in [1.54, 1.807) is 0 Å². The van der Waals surface area contributed by atoms with Crippen LogP contribution in [0.15, 0.2) is 0 Å². The molecule has 0 bridgehead atoms. The van der Waals surface area contributed by atoms with Crippen LogP contribution in [0.4, 0.5) is 0 Å². The molecule has 0 heterocycles. The summed E-state index contributed by atoms with van der Waals surface area (Å²) >= 11 is 0. The molecule has 1 atom stereocenters. The van der Waals surface area contributed by atoms with Gasteiger partial charge >= 0.3 is 11.9 Å². The Balaban J connectivity index is 3.89. The maximum Gasteiger partial charge on any atom is 0.309 e. The van der Waals surface area contributed by atoms with Gasteiger partial charge < -0.3 is 14.9 Å². The van der Waals surface area contributed by atoms with Crippen LogP contribution in [0.5, 0.6) is 0 Å². The third-order valence-electron chi connectivity index (χ3n) is 1.14. The van der Waals surface area contributed by atoms with Crippen molar-refractivity contribution in [1.29, 1.82) is 0 Å². The highest BCUT2D eigenvalue weighted by Gasteiger charge is 2.20. The zero-order valence-electron chi connectivity index (χ0n) is 6.11. The van der Waals surface area contributed by atoms with Gasteiger partial charge in [-0.2, -0.15) is 0 Å². The standard InChI is InChI=1S/C6H10O5/c1-11-3-4(6(9)10)2-5(7)8/h4H,2-3H2,1H3,(H,7,8)(H,9,10). The third kappa shape index (κ3) is 4.32. The molecule has 0 fully saturated rings. The fraction of sp³-hybridized carbons (Fsp3) is 0.667. The van der Waals surface area contributed by atoms with Crippen LogP contribution in [-0.4, -0.2) is 35.9 Å². The highest BCUT2D eigenvalue weighted by Crippen LogP contribution is 2.03. The normalized spacial score (nSPS) is 12.5. The van der Waals surface area contributed by atoms with E-state index in [2.05, 4.69) is 4.74 Å². The van der Waals surface area contributed by atoms with Crippen molar-refractivity contribution in [3.05, 3.63) is 0 Å². The van der Waals surface area contributed by atoms with Crippen LogP contribution in [0.2, 0.25) is 0 Å². The Hall–Kier alpha value is -1.10. The predicted molar refractivity (Wildman–Crippen MR) is 35.3 cm³/mol. The van der Waals surface area contributed by atoms with Crippen molar-refractivity contribution >= 4 is 11.9 Å². The highest BCUT2D eigenvalue weighted by molar-refractivity contribution is 5.77. The lowest BCUT2D eigenvalue weighted by molar-refractivity contribution is -0.150. The van der Waals surface area contributed by atoms with Gasteiger partial charge in [0.1, 0.15) is 0 Å². The zero-order valence-corrected chi connectivity index (χ0v) is 6.11. The molecule has 2 N–H and O–H groups in total. The summed E-state index contributed by atoms with van der Waals surface area (Å²) < 4.78 is 4.52. The lowest BCUT2D eigenvalue weighted by Crippen LogP contribution is -2.22. The molecule has 0 amide bonds. The lowest BCUT2D eigenvalue weighted by Gasteiger charge is -2.06. The number of hydrogen-bond donors (Lipinski definition) is 2. The first-order valence-electron chi connectivity index (χ1n) is 3.01. The highest BCUT2D eigenvalue weighted by atomic mass is 16.5. The summed E-state index contributed by atoms with van der Waals surface area (Å²) in [6, 6.07) is 0. The molecular formula is C6H10O5. The molecule has 11 heavy (non-hydrogen) atoms. The average Bonchev–Trinajstić information content (AvgIpc) is 1.86. The SMILES string of the molecule is COCC(CC(=O)O)C(=O)O. The first-order valence-corrected chi connectivity index (χ1v) is 3.01. The molecule has 0 aromatic rings. The van der Waals surface area contributed by atoms with Gasteiger partial charge in [-0.25, -0.2) is 0 Å². The molecule has 0 saturated carbocycles. The second-order valence-corrected chi connectivity index (χ2v) is 2.09. The Morgan fingerprint density at radius 3 is 2.27 bits per heavy atom. The largest absolute Gasteiger partial charge is 0.481 e. The van der Waals surface area contributed by atoms with Crippen molar-refractivity contribution in [2.75, 3.05) is 13.7 Å². The van der Waals surface area contributed by atoms with Crippen LogP contribution in [0.3, 0.4) is 0 Å². The van der Waals surface area contributed by atoms with Gasteiger partial charge in [0, 0.05) is 7.11 Å². The topological polar surface area (TPSA) is 83.8 Å². The van der Waals surface area contributed by atoms with E-state index in [4.69, 9.17) is 10.2 Å². The number of carboxylic acids is 2. The Bertz CT molecular complexity index is 153. The molecule has 0 aromatic heterocycles. The summed E-state index contributed by atoms with van der Waals surface area (Å²) in [5.74, 6) is -3.22. The van der Waals surface area contributed by atoms with Crippen molar-refractivity contribution in [3.8, 4) is 0 Å². The van der Waals surface area contributed by atoms with Crippen LogP contribution in [-0.2, 0) is 14.3 Å². The molecule has 0 spiro atoms. The van der Waals surface area contributed by atoms with Gasteiger partial charge in [0.2, 0.25) is 0 Å². The third-order valence-corrected chi connectivity index (χ3v) is 1.14. The van der Waals surface area contributed by atoms with Crippen LogP contribution in [0, 0.1) is 5.92 Å². The number of rotatable bonds is 5. The monoisotopic (exact) mass is 162 g/mol. The zero-order chi connectivity index (χ0) is 8.85. The van der Waals surface area contributed by atoms with E-state index >= 15 is 0 Å². The molecule has 0 aliphatic rings. The van der Waals surface area contributed by atoms with E-state index in [-0.39, 0.29) is 6.61 Å². The molecule has 0 rings (SSSR count). The lowest BCUT2D eigenvalue weighted by atomic mass is 10.1. The van der Waals surface area contributed by atoms with E-state index < -0.39 is 24.3 Å². The second kappa shape index (κ2) is 4.68. The van der Waals surface area contributed by atoms with Crippen molar-refractivity contribution < 1.29 is 24.5 Å². The quantitative estimate of drug-likeness (QED) is 0.585. The number of aliphatic carboxylic acids is 2. The van der Waals surface area contributed by atoms with Gasteiger partial charge in [-0.05, 0) is 0 Å². The summed E-state index contributed by atoms with van der Waals surface area (Å²) in [6.07, 6.45) is -0.400. The summed E-state index contributed by atoms with van der Waals surface area (Å²) in [7, 11) is 1.33. The van der Waals surface area contributed by atoms with E-state index in [0.717, 1.165) is 0 Å². The van der Waals surface area contributed by atoms with Crippen LogP contribution >= 0.6 is 0 Å². The van der Waals surface area contributed by atoms with E-state index in [1.165, 1.54) is 7.11 Å². The molecule has 5 nitrogen and oxygen atoms in total. The number of carboxylic acid groups (broad SMARTS) is 2. The average molecular weight is 162 g/mol. The predicted octanol–water partition coefficient (Wildman–Crippen LogP) is -0.192. The van der Waals surface area contributed by atoms with Crippen molar-refractivity contribution in [3.63, 3.8) is 0 Å². The summed E-state index contributed by atoms with van der Waals surface area (Å²) in [5, 5.41) is 16.7. The van der Waals surface area contributed by atoms with Gasteiger partial charge in [-0.3, -0.25) is 9.59 Å². The van der Waals surface area contributed by atoms with E-state index in [1.807, 2.05) is 0 Å². The molecular weight excluding hydrogens is 152 g/mol. The van der Waals surface area contributed by atoms with Gasteiger partial charge in [0.25, 0.3) is 0 Å². The van der Waals surface area contributed by atoms with E-state index in [9.17, 15) is 9.59 Å². The Morgan fingerprint density at radius 1 is 1.45 bits per heavy atom. The number of carbonyl (C=O) groups is 2. The Kier molecular flexibility index (Phi) is 4.21. The Morgan fingerprint density at radius 2 is 2.00 bits per heavy atom. The molecule has 5 heteroatoms. The molecule has 64 valence electrons. The molecule has 0 saturated heterocycles. The van der Waals surface area contributed by atoms with Gasteiger partial charge in [0.15, 0.2) is 0 Å². The van der Waals surface area contributed by atoms with Crippen LogP contribution < -0.4 is 0 Å². The van der Waals surface area contributed by atoms with Crippen molar-refractivity contribution in [2.24, 2.45) is 5.92 Å². The smallest absolute Gasteiger partial charge is 0.309 e. The minimum atomic E-state index is -1.14. The maximum atomic E-state index is 10.3. The molecule has 0 aromatic carbocycles. The number of ether oxygens (including phenoxy) is 1. The minimum Gasteiger partial charge on any atom is -0.481 e. The Labute approximate surface area is 63.6 Å². The maximum absolute atomic E-state index is 10.3. The fourth-order valence-electron chi connectivity index (χ4n) is 0.629. The molecule has 0 radical (unpaired) electrons. The molecule has 1 unspecified atom stereocenters. The first-order chi connectivity index (χ1) is 5.07. The van der Waals surface area contributed by atoms with Crippen LogP contribution in [0.25, 0.3) is 0 Å². The minimum absolute atomic E-state index is 0.0678. The van der Waals surface area contributed by atoms with Gasteiger partial charge in [-0.15, -0.1) is 0 Å². The van der Waals surface area contributed by atoms with Crippen LogP contribution in [0.1, 0.15) is 6.42 Å². The molecule has 0 aliphatic heterocycles. The first kappa shape index (κ1) is 9.90. The van der Waals surface area contributed by atoms with Crippen molar-refractivity contribution in [2.45, 2.75) is 6.42 Å². The van der Waals surface area contributed by atoms with Gasteiger partial charge in [0.05, 0.1) is 18.9 Å². The fourth-order valence-corrected chi connectivity index (χ4v) is 0.629. The van der Waals surface area contributed by atoms with Crippen molar-refractivity contribution in [1.82, 2.24) is 0 Å². The number of methoxy groups -OCH3 is 1. The van der Waals surface area contributed by atoms with Gasteiger partial charge in [-0.1, -0.05) is 0 Å². The second-order valence-electron chi connectivity index (χ2n) is 2.09.